The van der Waals surface area contributed by atoms with Crippen LogP contribution in [-0.2, 0) is 17.8 Å². The van der Waals surface area contributed by atoms with Crippen LogP contribution in [0.25, 0.3) is 16.3 Å². The number of aromatic nitrogens is 2. The number of amides is 1. The average Bonchev–Trinajstić information content (AvgIpc) is 3.11. The molecule has 0 fully saturated rings. The lowest BCUT2D eigenvalue weighted by Gasteiger charge is -2.27. The Kier molecular flexibility index (Phi) is 5.35. The Bertz CT molecular complexity index is 1090. The predicted molar refractivity (Wildman–Crippen MR) is 114 cm³/mol. The van der Waals surface area contributed by atoms with E-state index >= 15 is 0 Å². The summed E-state index contributed by atoms with van der Waals surface area (Å²) in [5.41, 5.74) is 8.20. The normalized spacial score (nSPS) is 13.7. The summed E-state index contributed by atoms with van der Waals surface area (Å²) >= 11 is 1.57. The Morgan fingerprint density at radius 2 is 2.21 bits per heavy atom. The van der Waals surface area contributed by atoms with Gasteiger partial charge in [0.05, 0.1) is 19.0 Å². The number of rotatable bonds is 5. The van der Waals surface area contributed by atoms with Crippen molar-refractivity contribution in [3.63, 3.8) is 0 Å². The minimum Gasteiger partial charge on any atom is -0.493 e. The van der Waals surface area contributed by atoms with Crippen molar-refractivity contribution in [1.29, 1.82) is 0 Å². The number of allylic oxidation sites excluding steroid dienone is 1. The van der Waals surface area contributed by atoms with Gasteiger partial charge in [-0.3, -0.25) is 4.79 Å². The third kappa shape index (κ3) is 3.75. The van der Waals surface area contributed by atoms with E-state index in [1.807, 2.05) is 42.2 Å². The monoisotopic (exact) mass is 410 g/mol. The highest BCUT2D eigenvalue weighted by atomic mass is 32.1. The molecule has 0 unspecified atom stereocenters. The molecule has 1 aliphatic rings. The zero-order valence-electron chi connectivity index (χ0n) is 16.3. The molecule has 150 valence electrons. The Morgan fingerprint density at radius 3 is 3.00 bits per heavy atom. The summed E-state index contributed by atoms with van der Waals surface area (Å²) in [6.45, 7) is 3.07. The highest BCUT2D eigenvalue weighted by Crippen LogP contribution is 2.36. The van der Waals surface area contributed by atoms with Gasteiger partial charge in [0.1, 0.15) is 17.0 Å². The maximum Gasteiger partial charge on any atom is 0.260 e. The molecule has 0 aliphatic carbocycles. The molecule has 2 N–H and O–H groups in total. The number of anilines is 1. The summed E-state index contributed by atoms with van der Waals surface area (Å²) in [6, 6.07) is 5.64. The molecule has 1 aromatic carbocycles. The van der Waals surface area contributed by atoms with E-state index in [1.165, 1.54) is 6.33 Å². The van der Waals surface area contributed by atoms with Crippen molar-refractivity contribution in [3.05, 3.63) is 46.6 Å². The van der Waals surface area contributed by atoms with Gasteiger partial charge in [-0.2, -0.15) is 0 Å². The number of hydrogen-bond donors (Lipinski definition) is 1. The van der Waals surface area contributed by atoms with Gasteiger partial charge >= 0.3 is 0 Å². The van der Waals surface area contributed by atoms with Gasteiger partial charge in [0.25, 0.3) is 5.91 Å². The number of methoxy groups -OCH3 is 1. The number of ether oxygens (including phenoxy) is 2. The van der Waals surface area contributed by atoms with Crippen molar-refractivity contribution in [2.45, 2.75) is 19.9 Å². The SMILES string of the molecule is CC=Cc1ccc(OCC(=O)N2CCc3c(sc4ncnc(N)c34)C2)c(OC)c1. The van der Waals surface area contributed by atoms with Crippen LogP contribution in [0.15, 0.2) is 30.6 Å². The summed E-state index contributed by atoms with van der Waals surface area (Å²) < 4.78 is 11.2. The molecule has 3 aromatic rings. The van der Waals surface area contributed by atoms with Crippen LogP contribution in [0.3, 0.4) is 0 Å². The maximum atomic E-state index is 12.7. The number of thiophene rings is 1. The van der Waals surface area contributed by atoms with Crippen LogP contribution in [0.5, 0.6) is 11.5 Å². The molecule has 0 saturated heterocycles. The Morgan fingerprint density at radius 1 is 1.34 bits per heavy atom. The molecular formula is C21H22N4O3S. The third-order valence-electron chi connectivity index (χ3n) is 4.92. The first kappa shape index (κ1) is 19.2. The first-order valence-corrected chi connectivity index (χ1v) is 10.1. The number of hydrogen-bond acceptors (Lipinski definition) is 7. The topological polar surface area (TPSA) is 90.6 Å². The lowest BCUT2D eigenvalue weighted by Crippen LogP contribution is -2.38. The fourth-order valence-electron chi connectivity index (χ4n) is 3.50. The molecule has 7 nitrogen and oxygen atoms in total. The van der Waals surface area contributed by atoms with E-state index in [2.05, 4.69) is 9.97 Å². The molecule has 0 saturated carbocycles. The molecule has 0 spiro atoms. The lowest BCUT2D eigenvalue weighted by molar-refractivity contribution is -0.134. The molecule has 0 bridgehead atoms. The number of carbonyl (C=O) groups is 1. The quantitative estimate of drug-likeness (QED) is 0.694. The van der Waals surface area contributed by atoms with E-state index in [0.29, 0.717) is 30.4 Å². The average molecular weight is 410 g/mol. The standard InChI is InChI=1S/C21H22N4O3S/c1-3-4-13-5-6-15(16(9-13)27-2)28-11-18(26)25-8-7-14-17(10-25)29-21-19(14)20(22)23-12-24-21/h3-6,9,12H,7-8,10-11H2,1-2H3,(H2,22,23,24). The van der Waals surface area contributed by atoms with Crippen LogP contribution < -0.4 is 15.2 Å². The van der Waals surface area contributed by atoms with Crippen LogP contribution in [0.4, 0.5) is 5.82 Å². The van der Waals surface area contributed by atoms with Gasteiger partial charge in [-0.15, -0.1) is 11.3 Å². The molecule has 29 heavy (non-hydrogen) atoms. The summed E-state index contributed by atoms with van der Waals surface area (Å²) in [7, 11) is 1.59. The Balaban J connectivity index is 1.45. The largest absolute Gasteiger partial charge is 0.493 e. The highest BCUT2D eigenvalue weighted by Gasteiger charge is 2.26. The zero-order chi connectivity index (χ0) is 20.4. The first-order valence-electron chi connectivity index (χ1n) is 9.32. The molecule has 0 radical (unpaired) electrons. The van der Waals surface area contributed by atoms with Crippen LogP contribution >= 0.6 is 11.3 Å². The van der Waals surface area contributed by atoms with Crippen LogP contribution in [0.2, 0.25) is 0 Å². The van der Waals surface area contributed by atoms with E-state index in [9.17, 15) is 4.79 Å². The number of nitrogens with zero attached hydrogens (tertiary/aromatic N) is 3. The van der Waals surface area contributed by atoms with Gasteiger partial charge < -0.3 is 20.1 Å². The smallest absolute Gasteiger partial charge is 0.260 e. The van der Waals surface area contributed by atoms with Crippen molar-refractivity contribution >= 4 is 39.4 Å². The molecule has 3 heterocycles. The highest BCUT2D eigenvalue weighted by molar-refractivity contribution is 7.19. The van der Waals surface area contributed by atoms with Gasteiger partial charge in [0, 0.05) is 11.4 Å². The number of carbonyl (C=O) groups excluding carboxylic acids is 1. The first-order chi connectivity index (χ1) is 14.1. The van der Waals surface area contributed by atoms with E-state index in [4.69, 9.17) is 15.2 Å². The van der Waals surface area contributed by atoms with Gasteiger partial charge in [0.15, 0.2) is 18.1 Å². The predicted octanol–water partition coefficient (Wildman–Crippen LogP) is 3.28. The van der Waals surface area contributed by atoms with Gasteiger partial charge in [-0.05, 0) is 36.6 Å². The third-order valence-corrected chi connectivity index (χ3v) is 6.04. The van der Waals surface area contributed by atoms with Crippen molar-refractivity contribution in [1.82, 2.24) is 14.9 Å². The van der Waals surface area contributed by atoms with Crippen molar-refractivity contribution in [2.75, 3.05) is 26.0 Å². The Labute approximate surface area is 172 Å². The van der Waals surface area contributed by atoms with Crippen molar-refractivity contribution in [3.8, 4) is 11.5 Å². The molecule has 1 amide bonds. The summed E-state index contributed by atoms with van der Waals surface area (Å²) in [6.07, 6.45) is 6.15. The minimum absolute atomic E-state index is 0.0402. The molecule has 2 aromatic heterocycles. The van der Waals surface area contributed by atoms with Gasteiger partial charge in [-0.25, -0.2) is 9.97 Å². The summed E-state index contributed by atoms with van der Waals surface area (Å²) in [5.74, 6) is 1.60. The lowest BCUT2D eigenvalue weighted by atomic mass is 10.1. The molecule has 4 rings (SSSR count). The zero-order valence-corrected chi connectivity index (χ0v) is 17.2. The van der Waals surface area contributed by atoms with Crippen LogP contribution in [0.1, 0.15) is 22.9 Å². The van der Waals surface area contributed by atoms with Crippen molar-refractivity contribution in [2.24, 2.45) is 0 Å². The fraction of sp³-hybridized carbons (Fsp3) is 0.286. The molecule has 1 aliphatic heterocycles. The second-order valence-corrected chi connectivity index (χ2v) is 7.79. The molecule has 8 heteroatoms. The summed E-state index contributed by atoms with van der Waals surface area (Å²) in [5, 5.41) is 0.932. The second-order valence-electron chi connectivity index (χ2n) is 6.71. The van der Waals surface area contributed by atoms with Crippen LogP contribution in [0, 0.1) is 0 Å². The number of nitrogens with two attached hydrogens (primary N) is 1. The Hall–Kier alpha value is -3.13. The summed E-state index contributed by atoms with van der Waals surface area (Å²) in [4.78, 5) is 24.9. The van der Waals surface area contributed by atoms with Gasteiger partial charge in [-0.1, -0.05) is 18.2 Å². The number of fused-ring (bicyclic) bond motifs is 3. The second kappa shape index (κ2) is 8.08. The number of benzene rings is 1. The molecule has 0 atom stereocenters. The molecular weight excluding hydrogens is 388 g/mol. The van der Waals surface area contributed by atoms with E-state index < -0.39 is 0 Å². The van der Waals surface area contributed by atoms with Crippen LogP contribution in [-0.4, -0.2) is 41.0 Å². The van der Waals surface area contributed by atoms with Crippen molar-refractivity contribution < 1.29 is 14.3 Å². The number of nitrogen functional groups attached to an aromatic ring is 1. The fourth-order valence-corrected chi connectivity index (χ4v) is 4.71. The van der Waals surface area contributed by atoms with E-state index in [0.717, 1.165) is 32.6 Å². The maximum absolute atomic E-state index is 12.7. The van der Waals surface area contributed by atoms with E-state index in [-0.39, 0.29) is 12.5 Å². The van der Waals surface area contributed by atoms with Gasteiger partial charge in [0.2, 0.25) is 0 Å². The van der Waals surface area contributed by atoms with E-state index in [1.54, 1.807) is 18.4 Å². The minimum atomic E-state index is -0.0632.